The van der Waals surface area contributed by atoms with Crippen molar-refractivity contribution in [2.75, 3.05) is 0 Å². The van der Waals surface area contributed by atoms with Gasteiger partial charge >= 0.3 is 5.97 Å². The van der Waals surface area contributed by atoms with Gasteiger partial charge in [0, 0.05) is 36.5 Å². The van der Waals surface area contributed by atoms with Gasteiger partial charge in [-0.1, -0.05) is 61.5 Å². The van der Waals surface area contributed by atoms with Crippen LogP contribution >= 0.6 is 0 Å². The van der Waals surface area contributed by atoms with Gasteiger partial charge in [0.2, 0.25) is 0 Å². The molecule has 5 heterocycles. The van der Waals surface area contributed by atoms with E-state index in [2.05, 4.69) is 33.8 Å². The maximum atomic E-state index is 14.4. The molecule has 0 aliphatic carbocycles. The average Bonchev–Trinajstić information content (AvgIpc) is 3.43. The lowest BCUT2D eigenvalue weighted by Crippen LogP contribution is -2.60. The molecular weight excluding hydrogens is 664 g/mol. The van der Waals surface area contributed by atoms with Crippen molar-refractivity contribution in [3.8, 4) is 0 Å². The van der Waals surface area contributed by atoms with Crippen molar-refractivity contribution in [3.63, 3.8) is 0 Å². The van der Waals surface area contributed by atoms with Gasteiger partial charge in [0.25, 0.3) is 0 Å². The average molecular weight is 735 g/mol. The predicted molar refractivity (Wildman–Crippen MR) is 197 cm³/mol. The lowest BCUT2D eigenvalue weighted by molar-refractivity contribution is -0.393. The Labute approximate surface area is 312 Å². The van der Waals surface area contributed by atoms with Crippen molar-refractivity contribution in [1.29, 1.82) is 0 Å². The zero-order chi connectivity index (χ0) is 38.4. The van der Waals surface area contributed by atoms with Gasteiger partial charge in [0.1, 0.15) is 5.78 Å². The van der Waals surface area contributed by atoms with Crippen molar-refractivity contribution in [2.45, 2.75) is 199 Å². The molecule has 298 valence electrons. The standard InChI is InChI=1S/C42H70O10/c1-11-30(38(45)46)32-16-15-24(4)36(49-32)28(8)34(43)27(7)35(44)31(12-2)37-25(5)23-26(6)42(50-37)19-14-18-41(52-42)22-21-39(10,51-41)33-17-20-40(47,13-3)29(9)48-33/h14,19,24-34,36-37,43,47H,11-13,15-18,20-23H2,1-10H3,(H,45,46)/t24-,25-,26+,27-,28-,29-,30-,31-,32+,33+,34+,36+,37-,39-,40+,41+,42-/m0/s1. The Morgan fingerprint density at radius 1 is 0.885 bits per heavy atom. The van der Waals surface area contributed by atoms with Crippen LogP contribution in [0.4, 0.5) is 0 Å². The summed E-state index contributed by atoms with van der Waals surface area (Å²) in [5.41, 5.74) is -1.40. The number of hydrogen-bond donors (Lipinski definition) is 3. The van der Waals surface area contributed by atoms with Crippen LogP contribution < -0.4 is 0 Å². The van der Waals surface area contributed by atoms with Crippen LogP contribution in [0.5, 0.6) is 0 Å². The molecule has 0 unspecified atom stereocenters. The van der Waals surface area contributed by atoms with Gasteiger partial charge in [0.15, 0.2) is 11.6 Å². The molecule has 3 N–H and O–H groups in total. The minimum Gasteiger partial charge on any atom is -0.481 e. The Morgan fingerprint density at radius 2 is 1.58 bits per heavy atom. The monoisotopic (exact) mass is 734 g/mol. The number of aliphatic hydroxyl groups is 2. The van der Waals surface area contributed by atoms with E-state index in [0.29, 0.717) is 51.4 Å². The molecule has 2 spiro atoms. The van der Waals surface area contributed by atoms with Gasteiger partial charge in [-0.25, -0.2) is 0 Å². The summed E-state index contributed by atoms with van der Waals surface area (Å²) in [5.74, 6) is -4.67. The smallest absolute Gasteiger partial charge is 0.309 e. The summed E-state index contributed by atoms with van der Waals surface area (Å²) < 4.78 is 33.9. The van der Waals surface area contributed by atoms with Crippen molar-refractivity contribution in [1.82, 2.24) is 0 Å². The van der Waals surface area contributed by atoms with Crippen molar-refractivity contribution in [2.24, 2.45) is 41.4 Å². The van der Waals surface area contributed by atoms with Gasteiger partial charge in [-0.15, -0.1) is 0 Å². The van der Waals surface area contributed by atoms with Gasteiger partial charge in [-0.3, -0.25) is 9.59 Å². The number of rotatable bonds is 12. The Bertz CT molecular complexity index is 1290. The normalized spacial score (nSPS) is 45.4. The minimum absolute atomic E-state index is 0.0134. The summed E-state index contributed by atoms with van der Waals surface area (Å²) in [6.07, 6.45) is 8.95. The number of hydrogen-bond acceptors (Lipinski definition) is 9. The Kier molecular flexibility index (Phi) is 12.8. The van der Waals surface area contributed by atoms with Gasteiger partial charge in [-0.2, -0.15) is 0 Å². The number of aliphatic carboxylic acids is 1. The quantitative estimate of drug-likeness (QED) is 0.176. The maximum absolute atomic E-state index is 14.4. The molecule has 0 radical (unpaired) electrons. The lowest BCUT2D eigenvalue weighted by atomic mass is 9.72. The molecule has 0 amide bonds. The molecule has 17 atom stereocenters. The van der Waals surface area contributed by atoms with Crippen molar-refractivity contribution in [3.05, 3.63) is 12.2 Å². The topological polar surface area (TPSA) is 141 Å². The van der Waals surface area contributed by atoms with E-state index in [9.17, 15) is 24.9 Å². The highest BCUT2D eigenvalue weighted by Crippen LogP contribution is 2.54. The largest absolute Gasteiger partial charge is 0.481 e. The minimum atomic E-state index is -1.06. The van der Waals surface area contributed by atoms with Gasteiger partial charge in [-0.05, 0) is 89.5 Å². The summed E-state index contributed by atoms with van der Waals surface area (Å²) in [5, 5.41) is 32.5. The second-order valence-corrected chi connectivity index (χ2v) is 17.8. The molecule has 10 heteroatoms. The Hall–Kier alpha value is -1.40. The van der Waals surface area contributed by atoms with E-state index in [0.717, 1.165) is 19.3 Å². The van der Waals surface area contributed by atoms with Gasteiger partial charge < -0.3 is 39.0 Å². The highest BCUT2D eigenvalue weighted by atomic mass is 16.8. The van der Waals surface area contributed by atoms with Crippen LogP contribution in [0.25, 0.3) is 0 Å². The van der Waals surface area contributed by atoms with Crippen LogP contribution in [0.3, 0.4) is 0 Å². The summed E-state index contributed by atoms with van der Waals surface area (Å²) in [6.45, 7) is 20.0. The number of carboxylic acids is 1. The molecular formula is C42H70O10. The van der Waals surface area contributed by atoms with Crippen LogP contribution in [0.2, 0.25) is 0 Å². The fourth-order valence-corrected chi connectivity index (χ4v) is 10.5. The summed E-state index contributed by atoms with van der Waals surface area (Å²) in [4.78, 5) is 26.3. The van der Waals surface area contributed by atoms with Crippen LogP contribution in [0, 0.1) is 41.4 Å². The van der Waals surface area contributed by atoms with E-state index in [-0.39, 0.29) is 47.8 Å². The van der Waals surface area contributed by atoms with E-state index < -0.39 is 64.8 Å². The predicted octanol–water partition coefficient (Wildman–Crippen LogP) is 7.22. The van der Waals surface area contributed by atoms with Crippen molar-refractivity contribution >= 4 is 11.8 Å². The van der Waals surface area contributed by atoms with Crippen molar-refractivity contribution < 1.29 is 48.6 Å². The number of ether oxygens (including phenoxy) is 5. The third kappa shape index (κ3) is 7.83. The molecule has 0 saturated carbocycles. The van der Waals surface area contributed by atoms with Crippen LogP contribution in [0.15, 0.2) is 12.2 Å². The molecule has 4 fully saturated rings. The van der Waals surface area contributed by atoms with E-state index in [4.69, 9.17) is 23.7 Å². The second kappa shape index (κ2) is 16.0. The number of carbonyl (C=O) groups is 2. The van der Waals surface area contributed by atoms with Crippen LogP contribution in [-0.2, 0) is 33.3 Å². The highest BCUT2D eigenvalue weighted by Gasteiger charge is 2.60. The maximum Gasteiger partial charge on any atom is 0.309 e. The fraction of sp³-hybridized carbons (Fsp3) is 0.905. The number of aliphatic hydroxyl groups excluding tert-OH is 1. The molecule has 5 aliphatic heterocycles. The molecule has 0 aromatic carbocycles. The molecule has 5 rings (SSSR count). The lowest BCUT2D eigenvalue weighted by Gasteiger charge is -2.53. The van der Waals surface area contributed by atoms with Crippen LogP contribution in [0.1, 0.15) is 140 Å². The third-order valence-electron chi connectivity index (χ3n) is 14.3. The first-order valence-electron chi connectivity index (χ1n) is 20.6. The molecule has 0 bridgehead atoms. The summed E-state index contributed by atoms with van der Waals surface area (Å²) in [6, 6.07) is 0. The van der Waals surface area contributed by atoms with Crippen LogP contribution in [-0.4, -0.2) is 86.5 Å². The number of carboxylic acid groups (broad SMARTS) is 1. The number of Topliss-reactive ketones (excluding diaryl/α,β-unsaturated/α-hetero) is 1. The van der Waals surface area contributed by atoms with E-state index in [1.54, 1.807) is 0 Å². The highest BCUT2D eigenvalue weighted by molar-refractivity contribution is 5.84. The molecule has 10 nitrogen and oxygen atoms in total. The summed E-state index contributed by atoms with van der Waals surface area (Å²) >= 11 is 0. The first kappa shape index (κ1) is 41.8. The Morgan fingerprint density at radius 3 is 2.19 bits per heavy atom. The van der Waals surface area contributed by atoms with E-state index >= 15 is 0 Å². The molecule has 52 heavy (non-hydrogen) atoms. The SMILES string of the molecule is CC[C@H](C(=O)O)[C@H]1CC[C@H](C)[C@H]([C@@H](C)[C@H](O)[C@H](C)C(=O)[C@H](CC)[C@H]2O[C@]3(C=CC[C@]4(CC[C@@](C)([C@H]5CC[C@](O)(CC)[C@H](C)O5)O4)O3)[C@H](C)C[C@@H]2C)O1. The molecule has 5 aliphatic rings. The molecule has 0 aromatic heterocycles. The first-order chi connectivity index (χ1) is 24.4. The number of carbonyl (C=O) groups excluding carboxylic acids is 1. The number of ketones is 1. The molecule has 0 aromatic rings. The van der Waals surface area contributed by atoms with E-state index in [1.165, 1.54) is 0 Å². The molecule has 4 saturated heterocycles. The van der Waals surface area contributed by atoms with Gasteiger partial charge in [0.05, 0.1) is 53.7 Å². The van der Waals surface area contributed by atoms with E-state index in [1.807, 2.05) is 47.6 Å². The third-order valence-corrected chi connectivity index (χ3v) is 14.3. The summed E-state index contributed by atoms with van der Waals surface area (Å²) in [7, 11) is 0. The Balaban J connectivity index is 1.29. The second-order valence-electron chi connectivity index (χ2n) is 17.8. The first-order valence-corrected chi connectivity index (χ1v) is 20.6. The zero-order valence-electron chi connectivity index (χ0n) is 33.6. The fourth-order valence-electron chi connectivity index (χ4n) is 10.5. The zero-order valence-corrected chi connectivity index (χ0v) is 33.6.